The van der Waals surface area contributed by atoms with Crippen LogP contribution in [0.2, 0.25) is 0 Å². The Morgan fingerprint density at radius 2 is 1.19 bits per heavy atom. The van der Waals surface area contributed by atoms with Gasteiger partial charge in [-0.15, -0.1) is 0 Å². The van der Waals surface area contributed by atoms with Crippen LogP contribution in [0.5, 0.6) is 0 Å². The van der Waals surface area contributed by atoms with Crippen molar-refractivity contribution in [2.24, 2.45) is 10.8 Å². The van der Waals surface area contributed by atoms with E-state index in [4.69, 9.17) is 9.47 Å². The average molecular weight is 965 g/mol. The summed E-state index contributed by atoms with van der Waals surface area (Å²) in [6.45, 7) is 11.4. The van der Waals surface area contributed by atoms with E-state index in [1.807, 2.05) is 12.5 Å². The first-order chi connectivity index (χ1) is 30.2. The lowest BCUT2D eigenvalue weighted by molar-refractivity contribution is -0.159. The maximum absolute atomic E-state index is 13.5. The Morgan fingerprint density at radius 1 is 0.687 bits per heavy atom. The number of hydrogen-bond donors (Lipinski definition) is 0. The van der Waals surface area contributed by atoms with Crippen molar-refractivity contribution in [1.29, 1.82) is 0 Å². The van der Waals surface area contributed by atoms with Crippen molar-refractivity contribution in [1.82, 2.24) is 39.3 Å². The molecule has 0 radical (unpaired) electrons. The number of Topliss-reactive ketones (excluding diaryl/α,β-unsaturated/α-hetero) is 1. The van der Waals surface area contributed by atoms with E-state index in [1.165, 1.54) is 65.1 Å². The Balaban J connectivity index is 0.000000340. The molecule has 5 aromatic rings. The summed E-state index contributed by atoms with van der Waals surface area (Å²) in [6.07, 6.45) is 5.84. The summed E-state index contributed by atoms with van der Waals surface area (Å²) >= 11 is 2.72. The van der Waals surface area contributed by atoms with Crippen molar-refractivity contribution >= 4 is 47.2 Å². The fraction of sp³-hybridized carbons (Fsp3) is 0.438. The molecule has 2 unspecified atom stereocenters. The number of aromatic nitrogens is 6. The number of benzene rings is 2. The zero-order valence-corrected chi connectivity index (χ0v) is 38.5. The van der Waals surface area contributed by atoms with Gasteiger partial charge in [-0.1, -0.05) is 70.1 Å². The smallest absolute Gasteiger partial charge is 0.311 e. The number of thioether (sulfide) groups is 2. The topological polar surface area (TPSA) is 172 Å². The molecule has 1 saturated heterocycles. The highest BCUT2D eigenvalue weighted by Crippen LogP contribution is 2.33. The van der Waals surface area contributed by atoms with Gasteiger partial charge in [0.1, 0.15) is 29.5 Å². The average Bonchev–Trinajstić information content (AvgIpc) is 3.93. The van der Waals surface area contributed by atoms with E-state index >= 15 is 0 Å². The van der Waals surface area contributed by atoms with E-state index < -0.39 is 23.0 Å². The van der Waals surface area contributed by atoms with Crippen LogP contribution in [0, 0.1) is 22.5 Å². The largest absolute Gasteiger partial charge is 0.459 e. The Bertz CT molecular complexity index is 2580. The monoisotopic (exact) mass is 964 g/mol. The quantitative estimate of drug-likeness (QED) is 0.0536. The molecular formula is C48H62F2N8O7S2. The lowest BCUT2D eigenvalue weighted by atomic mass is 9.97. The minimum atomic E-state index is -0.693. The van der Waals surface area contributed by atoms with Gasteiger partial charge >= 0.3 is 11.9 Å². The van der Waals surface area contributed by atoms with Crippen molar-refractivity contribution in [2.75, 3.05) is 32.1 Å². The summed E-state index contributed by atoms with van der Waals surface area (Å²) < 4.78 is 41.3. The lowest BCUT2D eigenvalue weighted by Crippen LogP contribution is -2.44. The molecule has 2 aliphatic heterocycles. The molecule has 5 heterocycles. The number of esters is 2. The Hall–Kier alpha value is -5.79. The van der Waals surface area contributed by atoms with Gasteiger partial charge in [0.25, 0.3) is 5.56 Å². The van der Waals surface area contributed by atoms with Crippen LogP contribution in [-0.2, 0) is 43.4 Å². The van der Waals surface area contributed by atoms with Crippen LogP contribution in [-0.4, -0.2) is 107 Å². The SMILES string of the molecule is C.C.C.CSc1nccc(-c2c(-c3ccc(F)cc3)c(=O)n3n2CC(OC(=O)C(C)(C)C)C3)n1.CSc1nccc(C(=O)CN2CC(OC(=O)C(C)(C)C)CN2C(=O)Cc2ccc(F)cc2)n1. The number of carbonyl (C=O) groups excluding carboxylic acids is 4. The lowest BCUT2D eigenvalue weighted by Gasteiger charge is -2.26. The number of hydrogen-bond acceptors (Lipinski definition) is 14. The fourth-order valence-electron chi connectivity index (χ4n) is 6.74. The Kier molecular flexibility index (Phi) is 19.3. The maximum atomic E-state index is 13.5. The molecular weight excluding hydrogens is 903 g/mol. The highest BCUT2D eigenvalue weighted by molar-refractivity contribution is 7.98. The van der Waals surface area contributed by atoms with Gasteiger partial charge < -0.3 is 9.47 Å². The molecule has 362 valence electrons. The number of fused-ring (bicyclic) bond motifs is 1. The summed E-state index contributed by atoms with van der Waals surface area (Å²) in [4.78, 5) is 81.2. The number of ether oxygens (including phenoxy) is 2. The van der Waals surface area contributed by atoms with Crippen molar-refractivity contribution in [3.8, 4) is 22.5 Å². The van der Waals surface area contributed by atoms with Crippen molar-refractivity contribution in [2.45, 2.75) is 106 Å². The maximum Gasteiger partial charge on any atom is 0.311 e. The molecule has 67 heavy (non-hydrogen) atoms. The number of nitrogens with zero attached hydrogens (tertiary/aromatic N) is 8. The second kappa shape index (κ2) is 23.3. The second-order valence-corrected chi connectivity index (χ2v) is 18.7. The molecule has 2 aromatic carbocycles. The zero-order chi connectivity index (χ0) is 46.5. The number of ketones is 1. The molecule has 2 aliphatic rings. The molecule has 1 fully saturated rings. The van der Waals surface area contributed by atoms with Gasteiger partial charge in [0.2, 0.25) is 5.91 Å². The van der Waals surface area contributed by atoms with E-state index in [9.17, 15) is 32.8 Å². The van der Waals surface area contributed by atoms with Gasteiger partial charge in [0, 0.05) is 12.4 Å². The number of hydrazine groups is 1. The number of carbonyl (C=O) groups is 4. The van der Waals surface area contributed by atoms with E-state index in [1.54, 1.807) is 92.4 Å². The summed E-state index contributed by atoms with van der Waals surface area (Å²) in [5, 5.41) is 4.06. The van der Waals surface area contributed by atoms with Crippen LogP contribution in [0.25, 0.3) is 22.5 Å². The molecule has 0 N–H and O–H groups in total. The first kappa shape index (κ1) is 55.5. The fourth-order valence-corrected chi connectivity index (χ4v) is 7.45. The Labute approximate surface area is 400 Å². The summed E-state index contributed by atoms with van der Waals surface area (Å²) in [6, 6.07) is 14.8. The summed E-state index contributed by atoms with van der Waals surface area (Å²) in [5.74, 6) is -2.03. The zero-order valence-electron chi connectivity index (χ0n) is 36.8. The van der Waals surface area contributed by atoms with Crippen LogP contribution >= 0.6 is 23.5 Å². The predicted molar refractivity (Wildman–Crippen MR) is 257 cm³/mol. The van der Waals surface area contributed by atoms with Gasteiger partial charge in [-0.05, 0) is 102 Å². The van der Waals surface area contributed by atoms with Gasteiger partial charge in [-0.25, -0.2) is 38.4 Å². The number of amides is 1. The number of halogens is 2. The molecule has 0 saturated carbocycles. The third-order valence-electron chi connectivity index (χ3n) is 10.1. The van der Waals surface area contributed by atoms with Crippen LogP contribution in [0.4, 0.5) is 8.78 Å². The van der Waals surface area contributed by atoms with Gasteiger partial charge in [0.05, 0.1) is 66.9 Å². The highest BCUT2D eigenvalue weighted by Gasteiger charge is 2.39. The van der Waals surface area contributed by atoms with E-state index in [0.29, 0.717) is 44.9 Å². The minimum absolute atomic E-state index is 0. The Morgan fingerprint density at radius 3 is 1.75 bits per heavy atom. The van der Waals surface area contributed by atoms with Crippen LogP contribution < -0.4 is 5.56 Å². The normalized spacial score (nSPS) is 15.5. The van der Waals surface area contributed by atoms with Crippen LogP contribution in [0.1, 0.15) is 79.9 Å². The highest BCUT2D eigenvalue weighted by atomic mass is 32.2. The van der Waals surface area contributed by atoms with Gasteiger partial charge in [-0.3, -0.25) is 33.7 Å². The van der Waals surface area contributed by atoms with E-state index in [2.05, 4.69) is 19.9 Å². The van der Waals surface area contributed by atoms with Gasteiger partial charge in [0.15, 0.2) is 16.1 Å². The summed E-state index contributed by atoms with van der Waals surface area (Å²) in [7, 11) is 0. The first-order valence-corrected chi connectivity index (χ1v) is 22.8. The van der Waals surface area contributed by atoms with Crippen molar-refractivity contribution in [3.05, 3.63) is 106 Å². The summed E-state index contributed by atoms with van der Waals surface area (Å²) in [5.41, 5.74) is 1.54. The molecule has 3 aromatic heterocycles. The molecule has 19 heteroatoms. The molecule has 15 nitrogen and oxygen atoms in total. The molecule has 2 atom stereocenters. The van der Waals surface area contributed by atoms with E-state index in [0.717, 1.165) is 0 Å². The standard InChI is InChI=1S/C23H27FN4O4S.C22H23FN4O3S.3CH4/c1-23(2,3)21(31)32-17-12-27(14-19(29)18-9-10-25-22(26-18)33-4)28(13-17)20(30)11-15-5-7-16(24)8-6-15;1-22(2,3)20(29)30-15-11-26-18(16-9-10-24-21(25-16)31-4)17(19(28)27(26)12-15)13-5-7-14(23)8-6-13;;;/h5-10,17H,11-14H2,1-4H3;5-10,15H,11-12H2,1-4H3;3*1H4. The minimum Gasteiger partial charge on any atom is -0.459 e. The van der Waals surface area contributed by atoms with Crippen molar-refractivity contribution in [3.63, 3.8) is 0 Å². The number of rotatable bonds is 11. The second-order valence-electron chi connectivity index (χ2n) is 17.2. The van der Waals surface area contributed by atoms with E-state index in [-0.39, 0.29) is 101 Å². The molecule has 1 amide bonds. The van der Waals surface area contributed by atoms with Crippen LogP contribution in [0.15, 0.2) is 88.2 Å². The third kappa shape index (κ3) is 13.7. The third-order valence-corrected chi connectivity index (χ3v) is 11.2. The van der Waals surface area contributed by atoms with Gasteiger partial charge in [-0.2, -0.15) is 0 Å². The first-order valence-electron chi connectivity index (χ1n) is 20.3. The predicted octanol–water partition coefficient (Wildman–Crippen LogP) is 8.29. The van der Waals surface area contributed by atoms with Crippen molar-refractivity contribution < 1.29 is 37.4 Å². The molecule has 0 bridgehead atoms. The molecule has 0 aliphatic carbocycles. The molecule has 7 rings (SSSR count). The van der Waals surface area contributed by atoms with Crippen LogP contribution in [0.3, 0.4) is 0 Å². The molecule has 0 spiro atoms.